The van der Waals surface area contributed by atoms with Crippen LogP contribution in [-0.4, -0.2) is 23.0 Å². The van der Waals surface area contributed by atoms with Crippen LogP contribution in [0.15, 0.2) is 4.99 Å². The zero-order valence-corrected chi connectivity index (χ0v) is 9.52. The molecule has 3 aliphatic rings. The molecule has 0 radical (unpaired) electrons. The molecule has 2 nitrogen and oxygen atoms in total. The first-order valence-electron chi connectivity index (χ1n) is 5.80. The first-order chi connectivity index (χ1) is 6.83. The number of rotatable bonds is 3. The van der Waals surface area contributed by atoms with Gasteiger partial charge < -0.3 is 5.32 Å². The number of hydrogen-bond donors (Lipinski definition) is 1. The lowest BCUT2D eigenvalue weighted by atomic mass is 10.2. The summed E-state index contributed by atoms with van der Waals surface area (Å²) in [6, 6.07) is 0.652. The van der Waals surface area contributed by atoms with Crippen LogP contribution in [0.3, 0.4) is 0 Å². The second-order valence-corrected chi connectivity index (χ2v) is 6.14. The Morgan fingerprint density at radius 2 is 2.14 bits per heavy atom. The highest BCUT2D eigenvalue weighted by atomic mass is 32.2. The van der Waals surface area contributed by atoms with E-state index < -0.39 is 0 Å². The van der Waals surface area contributed by atoms with Crippen molar-refractivity contribution in [2.75, 3.05) is 6.54 Å². The molecule has 0 aromatic rings. The van der Waals surface area contributed by atoms with E-state index in [9.17, 15) is 0 Å². The van der Waals surface area contributed by atoms with Gasteiger partial charge in [0.2, 0.25) is 0 Å². The molecule has 0 saturated heterocycles. The molecule has 78 valence electrons. The van der Waals surface area contributed by atoms with Crippen molar-refractivity contribution in [3.05, 3.63) is 0 Å². The Morgan fingerprint density at radius 1 is 1.36 bits per heavy atom. The molecule has 2 unspecified atom stereocenters. The average molecular weight is 210 g/mol. The van der Waals surface area contributed by atoms with Crippen LogP contribution >= 0.6 is 11.8 Å². The zero-order valence-electron chi connectivity index (χ0n) is 8.70. The van der Waals surface area contributed by atoms with E-state index >= 15 is 0 Å². The standard InChI is InChI=1S/C11H18N2S/c1-7(8-2-3-8)13-11-12-6-10(14-11)9-4-5-9/h7-10H,2-6H2,1H3,(H,12,13). The summed E-state index contributed by atoms with van der Waals surface area (Å²) in [5.74, 6) is 1.91. The lowest BCUT2D eigenvalue weighted by molar-refractivity contribution is 0.591. The third-order valence-electron chi connectivity index (χ3n) is 3.51. The predicted octanol–water partition coefficient (Wildman–Crippen LogP) is 2.26. The molecule has 3 rings (SSSR count). The summed E-state index contributed by atoms with van der Waals surface area (Å²) in [5.41, 5.74) is 0. The minimum absolute atomic E-state index is 0.652. The molecule has 14 heavy (non-hydrogen) atoms. The monoisotopic (exact) mass is 210 g/mol. The van der Waals surface area contributed by atoms with Gasteiger partial charge in [0.25, 0.3) is 0 Å². The molecule has 1 N–H and O–H groups in total. The molecule has 1 heterocycles. The fourth-order valence-electron chi connectivity index (χ4n) is 2.09. The second-order valence-electron chi connectivity index (χ2n) is 4.91. The minimum Gasteiger partial charge on any atom is -0.362 e. The van der Waals surface area contributed by atoms with Crippen molar-refractivity contribution >= 4 is 16.9 Å². The molecule has 2 fully saturated rings. The molecule has 1 aliphatic heterocycles. The number of nitrogens with one attached hydrogen (secondary N) is 1. The van der Waals surface area contributed by atoms with Gasteiger partial charge in [0, 0.05) is 11.3 Å². The van der Waals surface area contributed by atoms with Gasteiger partial charge >= 0.3 is 0 Å². The lowest BCUT2D eigenvalue weighted by Crippen LogP contribution is -2.31. The highest BCUT2D eigenvalue weighted by molar-refractivity contribution is 8.14. The summed E-state index contributed by atoms with van der Waals surface area (Å²) in [4.78, 5) is 4.60. The molecule has 0 spiro atoms. The normalized spacial score (nSPS) is 34.1. The van der Waals surface area contributed by atoms with Crippen LogP contribution in [0, 0.1) is 11.8 Å². The Balaban J connectivity index is 1.48. The van der Waals surface area contributed by atoms with Gasteiger partial charge in [-0.05, 0) is 44.4 Å². The predicted molar refractivity (Wildman–Crippen MR) is 61.7 cm³/mol. The molecule has 2 saturated carbocycles. The molecule has 3 heteroatoms. The quantitative estimate of drug-likeness (QED) is 0.772. The number of nitrogens with zero attached hydrogens (tertiary/aromatic N) is 1. The van der Waals surface area contributed by atoms with Crippen molar-refractivity contribution in [3.8, 4) is 0 Å². The first-order valence-corrected chi connectivity index (χ1v) is 6.68. The Morgan fingerprint density at radius 3 is 2.79 bits per heavy atom. The topological polar surface area (TPSA) is 24.4 Å². The summed E-state index contributed by atoms with van der Waals surface area (Å²) >= 11 is 1.99. The molecule has 0 aromatic heterocycles. The lowest BCUT2D eigenvalue weighted by Gasteiger charge is -2.14. The Hall–Kier alpha value is -0.180. The van der Waals surface area contributed by atoms with E-state index in [1.807, 2.05) is 11.8 Å². The van der Waals surface area contributed by atoms with Gasteiger partial charge in [-0.2, -0.15) is 0 Å². The third kappa shape index (κ3) is 1.92. The highest BCUT2D eigenvalue weighted by Gasteiger charge is 2.36. The van der Waals surface area contributed by atoms with Gasteiger partial charge in [-0.1, -0.05) is 11.8 Å². The number of amidine groups is 1. The van der Waals surface area contributed by atoms with Crippen LogP contribution in [0.2, 0.25) is 0 Å². The van der Waals surface area contributed by atoms with Gasteiger partial charge in [0.1, 0.15) is 0 Å². The summed E-state index contributed by atoms with van der Waals surface area (Å²) < 4.78 is 0. The fourth-order valence-corrected chi connectivity index (χ4v) is 3.40. The van der Waals surface area contributed by atoms with Gasteiger partial charge in [-0.15, -0.1) is 0 Å². The Bertz CT molecular complexity index is 256. The molecule has 2 atom stereocenters. The molecular weight excluding hydrogens is 192 g/mol. The van der Waals surface area contributed by atoms with E-state index in [-0.39, 0.29) is 0 Å². The van der Waals surface area contributed by atoms with Gasteiger partial charge in [0.15, 0.2) is 5.17 Å². The maximum Gasteiger partial charge on any atom is 0.157 e. The maximum atomic E-state index is 4.60. The Labute approximate surface area is 89.9 Å². The van der Waals surface area contributed by atoms with Crippen LogP contribution < -0.4 is 5.32 Å². The SMILES string of the molecule is CC(NC1=NCC(C2CC2)S1)C1CC1. The van der Waals surface area contributed by atoms with Crippen LogP contribution in [0.1, 0.15) is 32.6 Å². The number of hydrogen-bond acceptors (Lipinski definition) is 3. The van der Waals surface area contributed by atoms with E-state index in [4.69, 9.17) is 0 Å². The smallest absolute Gasteiger partial charge is 0.157 e. The average Bonchev–Trinajstić information content (AvgIpc) is 3.06. The summed E-state index contributed by atoms with van der Waals surface area (Å²) in [6.07, 6.45) is 5.72. The van der Waals surface area contributed by atoms with Crippen molar-refractivity contribution < 1.29 is 0 Å². The fraction of sp³-hybridized carbons (Fsp3) is 0.909. The van der Waals surface area contributed by atoms with Crippen molar-refractivity contribution in [2.24, 2.45) is 16.8 Å². The van der Waals surface area contributed by atoms with E-state index in [1.165, 1.54) is 30.9 Å². The van der Waals surface area contributed by atoms with Crippen molar-refractivity contribution in [1.82, 2.24) is 5.32 Å². The van der Waals surface area contributed by atoms with Crippen LogP contribution in [0.5, 0.6) is 0 Å². The molecule has 0 amide bonds. The molecular formula is C11H18N2S. The zero-order chi connectivity index (χ0) is 9.54. The van der Waals surface area contributed by atoms with Gasteiger partial charge in [0.05, 0.1) is 6.54 Å². The molecule has 0 bridgehead atoms. The molecule has 0 aromatic carbocycles. The van der Waals surface area contributed by atoms with Crippen LogP contribution in [0.4, 0.5) is 0 Å². The van der Waals surface area contributed by atoms with Crippen LogP contribution in [-0.2, 0) is 0 Å². The number of aliphatic imine (C=N–C) groups is 1. The molecule has 2 aliphatic carbocycles. The number of thioether (sulfide) groups is 1. The van der Waals surface area contributed by atoms with E-state index in [2.05, 4.69) is 17.2 Å². The summed E-state index contributed by atoms with van der Waals surface area (Å²) in [7, 11) is 0. The summed E-state index contributed by atoms with van der Waals surface area (Å²) in [5, 5.41) is 5.60. The van der Waals surface area contributed by atoms with Crippen molar-refractivity contribution in [3.63, 3.8) is 0 Å². The second kappa shape index (κ2) is 3.44. The minimum atomic E-state index is 0.652. The van der Waals surface area contributed by atoms with Crippen molar-refractivity contribution in [1.29, 1.82) is 0 Å². The highest BCUT2D eigenvalue weighted by Crippen LogP contribution is 2.42. The summed E-state index contributed by atoms with van der Waals surface area (Å²) in [6.45, 7) is 3.36. The van der Waals surface area contributed by atoms with E-state index in [0.717, 1.165) is 23.6 Å². The van der Waals surface area contributed by atoms with Gasteiger partial charge in [-0.25, -0.2) is 0 Å². The Kier molecular flexibility index (Phi) is 2.23. The first kappa shape index (κ1) is 9.08. The van der Waals surface area contributed by atoms with E-state index in [1.54, 1.807) is 0 Å². The van der Waals surface area contributed by atoms with E-state index in [0.29, 0.717) is 6.04 Å². The largest absolute Gasteiger partial charge is 0.362 e. The van der Waals surface area contributed by atoms with Crippen molar-refractivity contribution in [2.45, 2.75) is 43.9 Å². The van der Waals surface area contributed by atoms with Gasteiger partial charge in [-0.3, -0.25) is 4.99 Å². The van der Waals surface area contributed by atoms with Crippen LogP contribution in [0.25, 0.3) is 0 Å². The third-order valence-corrected chi connectivity index (χ3v) is 4.81. The maximum absolute atomic E-state index is 4.60.